The summed E-state index contributed by atoms with van der Waals surface area (Å²) in [6, 6.07) is 5.41. The summed E-state index contributed by atoms with van der Waals surface area (Å²) < 4.78 is 1.69. The molecule has 0 radical (unpaired) electrons. The molecule has 2 aromatic rings. The fourth-order valence-electron chi connectivity index (χ4n) is 3.23. The zero-order chi connectivity index (χ0) is 15.1. The predicted molar refractivity (Wildman–Crippen MR) is 79.5 cm³/mol. The van der Waals surface area contributed by atoms with E-state index in [4.69, 9.17) is 0 Å². The van der Waals surface area contributed by atoms with Gasteiger partial charge < -0.3 is 10.2 Å². The van der Waals surface area contributed by atoms with Crippen LogP contribution in [0.15, 0.2) is 30.6 Å². The number of hydrogen-bond acceptors (Lipinski definition) is 4. The van der Waals surface area contributed by atoms with Crippen LogP contribution in [0.5, 0.6) is 0 Å². The van der Waals surface area contributed by atoms with Crippen LogP contribution in [0.3, 0.4) is 0 Å². The average Bonchev–Trinajstić information content (AvgIpc) is 2.98. The molecule has 7 nitrogen and oxygen atoms in total. The summed E-state index contributed by atoms with van der Waals surface area (Å²) in [4.78, 5) is 28.7. The van der Waals surface area contributed by atoms with Crippen LogP contribution in [0.4, 0.5) is 0 Å². The van der Waals surface area contributed by atoms with Gasteiger partial charge in [-0.25, -0.2) is 4.52 Å². The molecule has 7 heteroatoms. The van der Waals surface area contributed by atoms with Gasteiger partial charge in [0.05, 0.1) is 17.3 Å². The first kappa shape index (κ1) is 13.3. The van der Waals surface area contributed by atoms with Crippen molar-refractivity contribution in [3.05, 3.63) is 36.2 Å². The lowest BCUT2D eigenvalue weighted by Crippen LogP contribution is -2.64. The molecule has 2 aliphatic heterocycles. The van der Waals surface area contributed by atoms with Gasteiger partial charge in [-0.15, -0.1) is 0 Å². The van der Waals surface area contributed by atoms with Gasteiger partial charge in [0.1, 0.15) is 6.04 Å². The molecular weight excluding hydrogens is 282 g/mol. The van der Waals surface area contributed by atoms with Gasteiger partial charge in [0.25, 0.3) is 5.91 Å². The molecule has 0 aliphatic carbocycles. The van der Waals surface area contributed by atoms with E-state index in [-0.39, 0.29) is 17.9 Å². The van der Waals surface area contributed by atoms with Crippen LogP contribution < -0.4 is 5.32 Å². The lowest BCUT2D eigenvalue weighted by molar-refractivity contribution is -0.131. The maximum atomic E-state index is 12.8. The number of rotatable bonds is 1. The van der Waals surface area contributed by atoms with Crippen molar-refractivity contribution in [2.75, 3.05) is 32.7 Å². The number of carbonyl (C=O) groups excluding carboxylic acids is 2. The van der Waals surface area contributed by atoms with Crippen LogP contribution in [-0.4, -0.2) is 70.0 Å². The third-order valence-electron chi connectivity index (χ3n) is 4.44. The number of fused-ring (bicyclic) bond motifs is 2. The molecule has 1 N–H and O–H groups in total. The van der Waals surface area contributed by atoms with Crippen LogP contribution >= 0.6 is 0 Å². The lowest BCUT2D eigenvalue weighted by Gasteiger charge is -2.42. The highest BCUT2D eigenvalue weighted by Crippen LogP contribution is 2.18. The van der Waals surface area contributed by atoms with Gasteiger partial charge in [-0.3, -0.25) is 14.5 Å². The number of carbonyl (C=O) groups is 2. The highest BCUT2D eigenvalue weighted by molar-refractivity contribution is 6.01. The minimum absolute atomic E-state index is 0.0172. The van der Waals surface area contributed by atoms with E-state index in [2.05, 4.69) is 15.3 Å². The Hall–Kier alpha value is -2.41. The summed E-state index contributed by atoms with van der Waals surface area (Å²) in [5.74, 6) is -0.0390. The Labute approximate surface area is 127 Å². The van der Waals surface area contributed by atoms with Gasteiger partial charge in [0.15, 0.2) is 0 Å². The second-order valence-corrected chi connectivity index (χ2v) is 5.68. The largest absolute Gasteiger partial charge is 0.353 e. The second-order valence-electron chi connectivity index (χ2n) is 5.68. The first-order valence-electron chi connectivity index (χ1n) is 7.47. The zero-order valence-corrected chi connectivity index (χ0v) is 12.1. The molecule has 0 bridgehead atoms. The molecule has 4 heterocycles. The van der Waals surface area contributed by atoms with Crippen LogP contribution in [0, 0.1) is 0 Å². The molecular formula is C15H17N5O2. The number of pyridine rings is 1. The van der Waals surface area contributed by atoms with Crippen molar-refractivity contribution in [1.82, 2.24) is 24.7 Å². The summed E-state index contributed by atoms with van der Waals surface area (Å²) >= 11 is 0. The quantitative estimate of drug-likeness (QED) is 0.777. The van der Waals surface area contributed by atoms with E-state index in [0.717, 1.165) is 18.6 Å². The third kappa shape index (κ3) is 2.05. The van der Waals surface area contributed by atoms with Crippen molar-refractivity contribution in [2.45, 2.75) is 6.04 Å². The van der Waals surface area contributed by atoms with E-state index in [1.807, 2.05) is 24.4 Å². The summed E-state index contributed by atoms with van der Waals surface area (Å²) in [5, 5.41) is 7.08. The molecule has 0 unspecified atom stereocenters. The summed E-state index contributed by atoms with van der Waals surface area (Å²) in [5.41, 5.74) is 1.38. The molecule has 114 valence electrons. The average molecular weight is 299 g/mol. The monoisotopic (exact) mass is 299 g/mol. The third-order valence-corrected chi connectivity index (χ3v) is 4.44. The molecule has 22 heavy (non-hydrogen) atoms. The van der Waals surface area contributed by atoms with Crippen LogP contribution in [0.25, 0.3) is 5.52 Å². The van der Waals surface area contributed by atoms with Crippen molar-refractivity contribution in [3.8, 4) is 0 Å². The van der Waals surface area contributed by atoms with Gasteiger partial charge in [-0.2, -0.15) is 5.10 Å². The van der Waals surface area contributed by atoms with Gasteiger partial charge in [0.2, 0.25) is 5.91 Å². The minimum Gasteiger partial charge on any atom is -0.353 e. The fraction of sp³-hybridized carbons (Fsp3) is 0.400. The van der Waals surface area contributed by atoms with Crippen molar-refractivity contribution < 1.29 is 9.59 Å². The lowest BCUT2D eigenvalue weighted by atomic mass is 10.1. The van der Waals surface area contributed by atoms with E-state index in [1.54, 1.807) is 15.6 Å². The molecule has 0 spiro atoms. The fourth-order valence-corrected chi connectivity index (χ4v) is 3.23. The topological polar surface area (TPSA) is 70.0 Å². The standard InChI is InChI=1S/C15H17N5O2/c21-14-13-10-19(8-7-18(13)6-4-16-14)15(22)11-9-17-20-5-2-1-3-12(11)20/h1-3,5,9,13H,4,6-8,10H2,(H,16,21)/t13-/m0/s1. The second kappa shape index (κ2) is 5.10. The maximum Gasteiger partial charge on any atom is 0.257 e. The summed E-state index contributed by atoms with van der Waals surface area (Å²) in [6.45, 7) is 3.37. The SMILES string of the molecule is O=C1NCCN2CCN(C(=O)c3cnn4ccccc34)C[C@@H]12. The molecule has 4 rings (SSSR count). The van der Waals surface area contributed by atoms with Gasteiger partial charge in [-0.05, 0) is 12.1 Å². The number of nitrogens with one attached hydrogen (secondary N) is 1. The number of nitrogens with zero attached hydrogens (tertiary/aromatic N) is 4. The molecule has 2 aromatic heterocycles. The minimum atomic E-state index is -0.228. The number of amides is 2. The van der Waals surface area contributed by atoms with Crippen molar-refractivity contribution in [3.63, 3.8) is 0 Å². The molecule has 0 saturated carbocycles. The van der Waals surface area contributed by atoms with Crippen LogP contribution in [-0.2, 0) is 4.79 Å². The number of aromatic nitrogens is 2. The maximum absolute atomic E-state index is 12.8. The zero-order valence-electron chi connectivity index (χ0n) is 12.1. The molecule has 1 atom stereocenters. The van der Waals surface area contributed by atoms with E-state index >= 15 is 0 Å². The van der Waals surface area contributed by atoms with Crippen LogP contribution in [0.2, 0.25) is 0 Å². The van der Waals surface area contributed by atoms with Gasteiger partial charge in [-0.1, -0.05) is 6.07 Å². The van der Waals surface area contributed by atoms with E-state index in [1.165, 1.54) is 0 Å². The highest BCUT2D eigenvalue weighted by atomic mass is 16.2. The molecule has 2 fully saturated rings. The molecule has 0 aromatic carbocycles. The normalized spacial score (nSPS) is 22.5. The van der Waals surface area contributed by atoms with Crippen molar-refractivity contribution >= 4 is 17.3 Å². The summed E-state index contributed by atoms with van der Waals surface area (Å²) in [6.07, 6.45) is 3.42. The van der Waals surface area contributed by atoms with E-state index in [9.17, 15) is 9.59 Å². The van der Waals surface area contributed by atoms with E-state index < -0.39 is 0 Å². The van der Waals surface area contributed by atoms with Gasteiger partial charge >= 0.3 is 0 Å². The Morgan fingerprint density at radius 3 is 3.09 bits per heavy atom. The Kier molecular flexibility index (Phi) is 3.07. The van der Waals surface area contributed by atoms with Crippen LogP contribution in [0.1, 0.15) is 10.4 Å². The predicted octanol–water partition coefficient (Wildman–Crippen LogP) is -0.409. The Morgan fingerprint density at radius 2 is 2.18 bits per heavy atom. The molecule has 2 saturated heterocycles. The van der Waals surface area contributed by atoms with Crippen molar-refractivity contribution in [1.29, 1.82) is 0 Å². The summed E-state index contributed by atoms with van der Waals surface area (Å²) in [7, 11) is 0. The highest BCUT2D eigenvalue weighted by Gasteiger charge is 2.36. The molecule has 2 amide bonds. The Bertz CT molecular complexity index is 740. The Morgan fingerprint density at radius 1 is 1.27 bits per heavy atom. The van der Waals surface area contributed by atoms with Gasteiger partial charge in [0, 0.05) is 38.9 Å². The molecule has 2 aliphatic rings. The first-order valence-corrected chi connectivity index (χ1v) is 7.47. The smallest absolute Gasteiger partial charge is 0.257 e. The van der Waals surface area contributed by atoms with E-state index in [0.29, 0.717) is 25.2 Å². The number of piperazine rings is 2. The number of hydrogen-bond donors (Lipinski definition) is 1. The van der Waals surface area contributed by atoms with Crippen molar-refractivity contribution in [2.24, 2.45) is 0 Å². The first-order chi connectivity index (χ1) is 10.7. The Balaban J connectivity index is 1.59.